The van der Waals surface area contributed by atoms with E-state index in [0.29, 0.717) is 5.88 Å². The lowest BCUT2D eigenvalue weighted by Crippen LogP contribution is -2.53. The maximum atomic E-state index is 5.87. The number of nitrogens with one attached hydrogen (secondary N) is 1. The molecule has 0 amide bonds. The summed E-state index contributed by atoms with van der Waals surface area (Å²) in [5.74, 6) is 0.711. The van der Waals surface area contributed by atoms with Gasteiger partial charge in [-0.05, 0) is 31.8 Å². The Morgan fingerprint density at radius 3 is 2.58 bits per heavy atom. The van der Waals surface area contributed by atoms with E-state index in [1.54, 1.807) is 5.54 Å². The molecule has 12 heavy (non-hydrogen) atoms. The molecule has 3 heteroatoms. The first kappa shape index (κ1) is 10.4. The minimum Gasteiger partial charge on any atom is -0.306 e. The Bertz CT molecular complexity index is 168. The van der Waals surface area contributed by atoms with Crippen LogP contribution in [0.2, 0.25) is 0 Å². The van der Waals surface area contributed by atoms with Crippen LogP contribution >= 0.6 is 23.2 Å². The Morgan fingerprint density at radius 2 is 2.25 bits per heavy atom. The smallest absolute Gasteiger partial charge is 0.0406 e. The summed E-state index contributed by atoms with van der Waals surface area (Å²) in [6.45, 7) is 2.87. The van der Waals surface area contributed by atoms with Crippen LogP contribution < -0.4 is 5.32 Å². The van der Waals surface area contributed by atoms with Gasteiger partial charge in [0.1, 0.15) is 0 Å². The summed E-state index contributed by atoms with van der Waals surface area (Å²) in [5.41, 5.74) is 2.99. The van der Waals surface area contributed by atoms with Crippen molar-refractivity contribution in [2.24, 2.45) is 0 Å². The maximum Gasteiger partial charge on any atom is 0.0406 e. The molecule has 1 aliphatic rings. The number of hydrogen-bond donors (Lipinski definition) is 1. The number of hydrogen-bond acceptors (Lipinski definition) is 1. The summed E-state index contributed by atoms with van der Waals surface area (Å²) in [7, 11) is 0. The zero-order valence-corrected chi connectivity index (χ0v) is 8.88. The van der Waals surface area contributed by atoms with Crippen LogP contribution in [0.25, 0.3) is 0 Å². The zero-order valence-electron chi connectivity index (χ0n) is 7.37. The molecule has 70 valence electrons. The average molecular weight is 208 g/mol. The molecule has 0 aromatic carbocycles. The third-order valence-electron chi connectivity index (χ3n) is 2.49. The Labute approximate surface area is 84.1 Å². The summed E-state index contributed by atoms with van der Waals surface area (Å²) in [6, 6.07) is 0. The molecule has 0 heterocycles. The summed E-state index contributed by atoms with van der Waals surface area (Å²) < 4.78 is 0. The average Bonchev–Trinajstić information content (AvgIpc) is 2.03. The van der Waals surface area contributed by atoms with Gasteiger partial charge in [-0.15, -0.1) is 11.6 Å². The first-order chi connectivity index (χ1) is 5.72. The molecule has 1 N–H and O–H groups in total. The van der Waals surface area contributed by atoms with Gasteiger partial charge in [-0.2, -0.15) is 0 Å². The molecular weight excluding hydrogens is 193 g/mol. The maximum absolute atomic E-state index is 5.87. The van der Waals surface area contributed by atoms with Crippen molar-refractivity contribution in [1.82, 2.24) is 5.32 Å². The molecule has 0 radical (unpaired) electrons. The third-order valence-corrected chi connectivity index (χ3v) is 3.38. The second-order valence-corrected chi connectivity index (χ2v) is 4.06. The highest BCUT2D eigenvalue weighted by Gasteiger charge is 2.35. The van der Waals surface area contributed by atoms with Crippen LogP contribution in [0.5, 0.6) is 0 Å². The van der Waals surface area contributed by atoms with E-state index >= 15 is 0 Å². The van der Waals surface area contributed by atoms with Crippen molar-refractivity contribution < 1.29 is 0 Å². The van der Waals surface area contributed by atoms with Gasteiger partial charge >= 0.3 is 0 Å². The molecule has 0 bridgehead atoms. The molecule has 0 saturated heterocycles. The Kier molecular flexibility index (Phi) is 3.88. The lowest BCUT2D eigenvalue weighted by atomic mass is 9.78. The molecule has 0 aliphatic heterocycles. The van der Waals surface area contributed by atoms with Crippen LogP contribution in [0.4, 0.5) is 0 Å². The van der Waals surface area contributed by atoms with Crippen LogP contribution in [0, 0.1) is 0 Å². The van der Waals surface area contributed by atoms with Crippen LogP contribution in [-0.4, -0.2) is 18.0 Å². The Morgan fingerprint density at radius 1 is 1.58 bits per heavy atom. The van der Waals surface area contributed by atoms with Crippen LogP contribution in [0.15, 0.2) is 11.1 Å². The van der Waals surface area contributed by atoms with Gasteiger partial charge in [-0.25, -0.2) is 0 Å². The van der Waals surface area contributed by atoms with E-state index < -0.39 is 0 Å². The van der Waals surface area contributed by atoms with Gasteiger partial charge in [0, 0.05) is 23.5 Å². The van der Waals surface area contributed by atoms with Crippen molar-refractivity contribution >= 4 is 23.2 Å². The van der Waals surface area contributed by atoms with Gasteiger partial charge in [0.15, 0.2) is 0 Å². The van der Waals surface area contributed by atoms with Crippen molar-refractivity contribution in [3.05, 3.63) is 11.1 Å². The molecule has 1 fully saturated rings. The summed E-state index contributed by atoms with van der Waals surface area (Å²) in [6.07, 6.45) is 3.70. The molecule has 1 saturated carbocycles. The SMILES string of the molecule is CC(=CCl)CNC1(CCl)CCC1. The van der Waals surface area contributed by atoms with E-state index in [2.05, 4.69) is 5.32 Å². The molecule has 0 spiro atoms. The van der Waals surface area contributed by atoms with E-state index in [-0.39, 0.29) is 5.54 Å². The van der Waals surface area contributed by atoms with E-state index in [4.69, 9.17) is 23.2 Å². The van der Waals surface area contributed by atoms with Crippen LogP contribution in [0.1, 0.15) is 26.2 Å². The van der Waals surface area contributed by atoms with Gasteiger partial charge in [0.05, 0.1) is 0 Å². The Balaban J connectivity index is 2.29. The fourth-order valence-corrected chi connectivity index (χ4v) is 1.77. The fraction of sp³-hybridized carbons (Fsp3) is 0.778. The standard InChI is InChI=1S/C9H15Cl2N/c1-8(5-10)6-12-9(7-11)3-2-4-9/h5,12H,2-4,6-7H2,1H3. The van der Waals surface area contributed by atoms with E-state index in [1.807, 2.05) is 6.92 Å². The highest BCUT2D eigenvalue weighted by molar-refractivity contribution is 6.25. The number of halogens is 2. The molecule has 1 aliphatic carbocycles. The third kappa shape index (κ3) is 2.38. The Hall–Kier alpha value is 0.280. The van der Waals surface area contributed by atoms with E-state index in [0.717, 1.165) is 12.1 Å². The monoisotopic (exact) mass is 207 g/mol. The van der Waals surface area contributed by atoms with Crippen molar-refractivity contribution in [2.75, 3.05) is 12.4 Å². The summed E-state index contributed by atoms with van der Waals surface area (Å²) >= 11 is 11.4. The molecule has 0 aromatic heterocycles. The van der Waals surface area contributed by atoms with E-state index in [1.165, 1.54) is 19.3 Å². The minimum atomic E-state index is 0.211. The van der Waals surface area contributed by atoms with Crippen molar-refractivity contribution in [2.45, 2.75) is 31.7 Å². The van der Waals surface area contributed by atoms with Crippen LogP contribution in [0.3, 0.4) is 0 Å². The summed E-state index contributed by atoms with van der Waals surface area (Å²) in [4.78, 5) is 0. The van der Waals surface area contributed by atoms with Crippen molar-refractivity contribution in [1.29, 1.82) is 0 Å². The molecule has 1 nitrogen and oxygen atoms in total. The van der Waals surface area contributed by atoms with E-state index in [9.17, 15) is 0 Å². The summed E-state index contributed by atoms with van der Waals surface area (Å²) in [5, 5.41) is 3.45. The van der Waals surface area contributed by atoms with Crippen molar-refractivity contribution in [3.8, 4) is 0 Å². The van der Waals surface area contributed by atoms with Gasteiger partial charge < -0.3 is 5.32 Å². The lowest BCUT2D eigenvalue weighted by molar-refractivity contribution is 0.220. The number of rotatable bonds is 4. The highest BCUT2D eigenvalue weighted by Crippen LogP contribution is 2.32. The first-order valence-electron chi connectivity index (χ1n) is 4.29. The molecule has 0 atom stereocenters. The second kappa shape index (κ2) is 4.50. The number of alkyl halides is 1. The first-order valence-corrected chi connectivity index (χ1v) is 5.26. The minimum absolute atomic E-state index is 0.211. The molecule has 0 unspecified atom stereocenters. The molecule has 1 rings (SSSR count). The normalized spacial score (nSPS) is 22.1. The van der Waals surface area contributed by atoms with Gasteiger partial charge in [-0.1, -0.05) is 11.6 Å². The van der Waals surface area contributed by atoms with Gasteiger partial charge in [-0.3, -0.25) is 0 Å². The largest absolute Gasteiger partial charge is 0.306 e. The quantitative estimate of drug-likeness (QED) is 0.700. The molecular formula is C9H15Cl2N. The molecule has 0 aromatic rings. The predicted octanol–water partition coefficient (Wildman–Crippen LogP) is 2.88. The predicted molar refractivity (Wildman–Crippen MR) is 54.9 cm³/mol. The lowest BCUT2D eigenvalue weighted by Gasteiger charge is -2.41. The second-order valence-electron chi connectivity index (χ2n) is 3.58. The van der Waals surface area contributed by atoms with Crippen molar-refractivity contribution in [3.63, 3.8) is 0 Å². The fourth-order valence-electron chi connectivity index (χ4n) is 1.33. The topological polar surface area (TPSA) is 12.0 Å². The van der Waals surface area contributed by atoms with Crippen LogP contribution in [-0.2, 0) is 0 Å². The zero-order chi connectivity index (χ0) is 9.03. The van der Waals surface area contributed by atoms with Gasteiger partial charge in [0.2, 0.25) is 0 Å². The van der Waals surface area contributed by atoms with Gasteiger partial charge in [0.25, 0.3) is 0 Å². The highest BCUT2D eigenvalue weighted by atomic mass is 35.5.